The van der Waals surface area contributed by atoms with Gasteiger partial charge in [-0.1, -0.05) is 107 Å². The van der Waals surface area contributed by atoms with Gasteiger partial charge >= 0.3 is 0 Å². The van der Waals surface area contributed by atoms with Crippen LogP contribution in [-0.2, 0) is 21.7 Å². The van der Waals surface area contributed by atoms with Crippen LogP contribution >= 0.6 is 0 Å². The maximum absolute atomic E-state index is 6.34. The van der Waals surface area contributed by atoms with Gasteiger partial charge in [-0.05, 0) is 141 Å². The first kappa shape index (κ1) is 38.6. The summed E-state index contributed by atoms with van der Waals surface area (Å²) in [6.07, 6.45) is 0. The van der Waals surface area contributed by atoms with Crippen LogP contribution in [0, 0.1) is 0 Å². The molecule has 0 bridgehead atoms. The quantitative estimate of drug-likeness (QED) is 0.179. The monoisotopic (exact) mass is 776 g/mol. The van der Waals surface area contributed by atoms with Crippen molar-refractivity contribution in [2.45, 2.75) is 105 Å². The standard InChI is InChI=1S/C54H56N4O/c1-51(2,3)35-17-25-45-41(29-35)42-30-36(52(4,5)6)18-26-46(42)57(45)39-21-13-33(14-22-39)49-55-56-50(59-49)34-15-23-40(24-16-34)58-47-27-19-37(53(7,8)9)31-43(47)44-32-38(54(10,11)12)20-28-48(44)58/h13-32H,1-12H3. The van der Waals surface area contributed by atoms with Crippen LogP contribution in [0.15, 0.2) is 126 Å². The first-order valence-corrected chi connectivity index (χ1v) is 21.0. The summed E-state index contributed by atoms with van der Waals surface area (Å²) in [4.78, 5) is 0. The van der Waals surface area contributed by atoms with E-state index in [4.69, 9.17) is 4.42 Å². The molecule has 3 heterocycles. The van der Waals surface area contributed by atoms with Gasteiger partial charge in [0, 0.05) is 44.0 Å². The third-order valence-corrected chi connectivity index (χ3v) is 12.2. The highest BCUT2D eigenvalue weighted by molar-refractivity contribution is 6.11. The first-order valence-electron chi connectivity index (χ1n) is 21.0. The number of hydrogen-bond donors (Lipinski definition) is 0. The summed E-state index contributed by atoms with van der Waals surface area (Å²) in [6.45, 7) is 27.4. The Balaban J connectivity index is 1.05. The van der Waals surface area contributed by atoms with Crippen LogP contribution in [0.5, 0.6) is 0 Å². The molecule has 0 radical (unpaired) electrons. The molecule has 0 aliphatic carbocycles. The van der Waals surface area contributed by atoms with Crippen molar-refractivity contribution in [1.29, 1.82) is 0 Å². The Labute approximate surface area is 348 Å². The number of benzene rings is 6. The van der Waals surface area contributed by atoms with Gasteiger partial charge in [-0.2, -0.15) is 0 Å². The van der Waals surface area contributed by atoms with Crippen molar-refractivity contribution < 1.29 is 4.42 Å². The minimum absolute atomic E-state index is 0.0523. The van der Waals surface area contributed by atoms with Crippen molar-refractivity contribution in [2.75, 3.05) is 0 Å². The van der Waals surface area contributed by atoms with E-state index < -0.39 is 0 Å². The van der Waals surface area contributed by atoms with Crippen molar-refractivity contribution in [3.8, 4) is 34.3 Å². The van der Waals surface area contributed by atoms with Crippen molar-refractivity contribution in [3.05, 3.63) is 144 Å². The summed E-state index contributed by atoms with van der Waals surface area (Å²) in [5.41, 5.74) is 14.3. The second kappa shape index (κ2) is 13.3. The molecule has 9 aromatic rings. The number of nitrogens with zero attached hydrogens (tertiary/aromatic N) is 4. The van der Waals surface area contributed by atoms with Crippen LogP contribution in [0.4, 0.5) is 0 Å². The topological polar surface area (TPSA) is 48.8 Å². The average Bonchev–Trinajstić information content (AvgIpc) is 3.89. The molecule has 9 rings (SSSR count). The predicted molar refractivity (Wildman–Crippen MR) is 249 cm³/mol. The zero-order chi connectivity index (χ0) is 41.8. The van der Waals surface area contributed by atoms with E-state index in [-0.39, 0.29) is 21.7 Å². The zero-order valence-corrected chi connectivity index (χ0v) is 36.7. The van der Waals surface area contributed by atoms with E-state index in [1.807, 2.05) is 0 Å². The molecule has 59 heavy (non-hydrogen) atoms. The van der Waals surface area contributed by atoms with E-state index in [0.29, 0.717) is 11.8 Å². The molecule has 0 aliphatic heterocycles. The predicted octanol–water partition coefficient (Wildman–Crippen LogP) is 14.8. The molecule has 6 aromatic carbocycles. The molecule has 0 saturated heterocycles. The largest absolute Gasteiger partial charge is 0.416 e. The molecule has 0 atom stereocenters. The Morgan fingerprint density at radius 3 is 0.831 bits per heavy atom. The first-order chi connectivity index (χ1) is 27.8. The molecule has 298 valence electrons. The molecule has 0 aliphatic rings. The zero-order valence-electron chi connectivity index (χ0n) is 36.7. The van der Waals surface area contributed by atoms with Gasteiger partial charge < -0.3 is 13.6 Å². The maximum atomic E-state index is 6.34. The summed E-state index contributed by atoms with van der Waals surface area (Å²) in [5.74, 6) is 0.989. The third-order valence-electron chi connectivity index (χ3n) is 12.2. The smallest absolute Gasteiger partial charge is 0.248 e. The molecular formula is C54H56N4O. The van der Waals surface area contributed by atoms with Crippen LogP contribution in [0.3, 0.4) is 0 Å². The maximum Gasteiger partial charge on any atom is 0.248 e. The highest BCUT2D eigenvalue weighted by Gasteiger charge is 2.23. The van der Waals surface area contributed by atoms with Crippen LogP contribution in [-0.4, -0.2) is 19.3 Å². The van der Waals surface area contributed by atoms with Crippen molar-refractivity contribution in [2.24, 2.45) is 0 Å². The molecule has 0 amide bonds. The molecule has 0 saturated carbocycles. The Morgan fingerprint density at radius 2 is 0.593 bits per heavy atom. The lowest BCUT2D eigenvalue weighted by Crippen LogP contribution is -2.10. The molecular weight excluding hydrogens is 721 g/mol. The SMILES string of the molecule is CC(C)(C)c1ccc2c(c1)c1cc(C(C)(C)C)ccc1n2-c1ccc(-c2nnc(-c3ccc(-n4c5ccc(C(C)(C)C)cc5c5cc(C(C)(C)C)ccc54)cc3)o2)cc1. The Bertz CT molecular complexity index is 2700. The van der Waals surface area contributed by atoms with E-state index in [2.05, 4.69) is 224 Å². The van der Waals surface area contributed by atoms with Gasteiger partial charge in [0.25, 0.3) is 0 Å². The van der Waals surface area contributed by atoms with Crippen LogP contribution < -0.4 is 0 Å². The van der Waals surface area contributed by atoms with Gasteiger partial charge in [-0.25, -0.2) is 0 Å². The lowest BCUT2D eigenvalue weighted by Gasteiger charge is -2.19. The number of fused-ring (bicyclic) bond motifs is 6. The molecule has 5 nitrogen and oxygen atoms in total. The molecule has 0 spiro atoms. The summed E-state index contributed by atoms with van der Waals surface area (Å²) in [7, 11) is 0. The van der Waals surface area contributed by atoms with E-state index >= 15 is 0 Å². The fourth-order valence-corrected chi connectivity index (χ4v) is 8.43. The average molecular weight is 777 g/mol. The normalized spacial score (nSPS) is 13.1. The van der Waals surface area contributed by atoms with Gasteiger partial charge in [0.2, 0.25) is 11.8 Å². The van der Waals surface area contributed by atoms with Gasteiger partial charge in [0.1, 0.15) is 0 Å². The molecule has 0 N–H and O–H groups in total. The fourth-order valence-electron chi connectivity index (χ4n) is 8.43. The molecule has 3 aromatic heterocycles. The minimum atomic E-state index is 0.0523. The fraction of sp³-hybridized carbons (Fsp3) is 0.296. The van der Waals surface area contributed by atoms with Gasteiger partial charge in [0.15, 0.2) is 0 Å². The van der Waals surface area contributed by atoms with E-state index in [1.54, 1.807) is 0 Å². The number of aromatic nitrogens is 4. The Morgan fingerprint density at radius 1 is 0.339 bits per heavy atom. The van der Waals surface area contributed by atoms with Gasteiger partial charge in [0.05, 0.1) is 22.1 Å². The number of rotatable bonds is 4. The van der Waals surface area contributed by atoms with Crippen LogP contribution in [0.1, 0.15) is 105 Å². The third kappa shape index (κ3) is 6.75. The highest BCUT2D eigenvalue weighted by Crippen LogP contribution is 2.40. The minimum Gasteiger partial charge on any atom is -0.416 e. The van der Waals surface area contributed by atoms with E-state index in [1.165, 1.54) is 65.9 Å². The van der Waals surface area contributed by atoms with Crippen LogP contribution in [0.25, 0.3) is 77.9 Å². The Hall–Kier alpha value is -5.94. The summed E-state index contributed by atoms with van der Waals surface area (Å²) in [6, 6.07) is 44.7. The van der Waals surface area contributed by atoms with Crippen molar-refractivity contribution in [3.63, 3.8) is 0 Å². The summed E-state index contributed by atoms with van der Waals surface area (Å²) >= 11 is 0. The number of hydrogen-bond acceptors (Lipinski definition) is 3. The molecule has 0 fully saturated rings. The second-order valence-corrected chi connectivity index (χ2v) is 20.6. The van der Waals surface area contributed by atoms with E-state index in [0.717, 1.165) is 22.5 Å². The van der Waals surface area contributed by atoms with E-state index in [9.17, 15) is 0 Å². The van der Waals surface area contributed by atoms with Crippen molar-refractivity contribution in [1.82, 2.24) is 19.3 Å². The van der Waals surface area contributed by atoms with Gasteiger partial charge in [-0.15, -0.1) is 10.2 Å². The lowest BCUT2D eigenvalue weighted by molar-refractivity contribution is 0.584. The lowest BCUT2D eigenvalue weighted by atomic mass is 9.85. The molecule has 0 unspecified atom stereocenters. The Kier molecular flexibility index (Phi) is 8.69. The van der Waals surface area contributed by atoms with Crippen molar-refractivity contribution >= 4 is 43.6 Å². The van der Waals surface area contributed by atoms with Crippen LogP contribution in [0.2, 0.25) is 0 Å². The molecule has 5 heteroatoms. The van der Waals surface area contributed by atoms with Gasteiger partial charge in [-0.3, -0.25) is 0 Å². The highest BCUT2D eigenvalue weighted by atomic mass is 16.4. The summed E-state index contributed by atoms with van der Waals surface area (Å²) < 4.78 is 11.1. The second-order valence-electron chi connectivity index (χ2n) is 20.6. The summed E-state index contributed by atoms with van der Waals surface area (Å²) in [5, 5.41) is 14.1.